The normalized spacial score (nSPS) is 13.9. The van der Waals surface area contributed by atoms with E-state index >= 15 is 0 Å². The van der Waals surface area contributed by atoms with Gasteiger partial charge < -0.3 is 15.5 Å². The topological polar surface area (TPSA) is 90.5 Å². The van der Waals surface area contributed by atoms with Gasteiger partial charge in [-0.2, -0.15) is 0 Å². The van der Waals surface area contributed by atoms with Gasteiger partial charge in [0.1, 0.15) is 12.4 Å². The minimum absolute atomic E-state index is 0.00174. The van der Waals surface area contributed by atoms with Crippen molar-refractivity contribution in [2.45, 2.75) is 6.54 Å². The van der Waals surface area contributed by atoms with Gasteiger partial charge >= 0.3 is 0 Å². The van der Waals surface area contributed by atoms with Gasteiger partial charge in [-0.15, -0.1) is 0 Å². The number of nitrogens with one attached hydrogen (secondary N) is 1. The molecule has 31 heavy (non-hydrogen) atoms. The summed E-state index contributed by atoms with van der Waals surface area (Å²) >= 11 is 0. The van der Waals surface area contributed by atoms with Gasteiger partial charge in [0.2, 0.25) is 5.91 Å². The maximum atomic E-state index is 12.9. The van der Waals surface area contributed by atoms with Gasteiger partial charge in [-0.3, -0.25) is 15.0 Å². The van der Waals surface area contributed by atoms with Crippen LogP contribution in [0.5, 0.6) is 0 Å². The Morgan fingerprint density at radius 3 is 2.26 bits per heavy atom. The lowest BCUT2D eigenvalue weighted by Crippen LogP contribution is -2.51. The van der Waals surface area contributed by atoms with Crippen LogP contribution < -0.4 is 5.73 Å². The van der Waals surface area contributed by atoms with Crippen molar-refractivity contribution in [2.75, 3.05) is 19.6 Å². The van der Waals surface area contributed by atoms with Crippen LogP contribution in [0, 0.1) is 5.41 Å². The summed E-state index contributed by atoms with van der Waals surface area (Å²) < 4.78 is 0. The van der Waals surface area contributed by atoms with Gasteiger partial charge in [0.15, 0.2) is 0 Å². The number of hydrogen-bond donors (Lipinski definition) is 2. The second kappa shape index (κ2) is 8.83. The molecule has 0 spiro atoms. The van der Waals surface area contributed by atoms with E-state index in [1.165, 1.54) is 0 Å². The average Bonchev–Trinajstić information content (AvgIpc) is 2.81. The molecule has 1 heterocycles. The monoisotopic (exact) mass is 412 g/mol. The van der Waals surface area contributed by atoms with Crippen molar-refractivity contribution >= 4 is 17.6 Å². The molecule has 4 rings (SSSR count). The highest BCUT2D eigenvalue weighted by Crippen LogP contribution is 2.20. The van der Waals surface area contributed by atoms with Gasteiger partial charge in [-0.05, 0) is 34.9 Å². The zero-order valence-electron chi connectivity index (χ0n) is 17.1. The molecule has 0 unspecified atom stereocenters. The zero-order valence-corrected chi connectivity index (χ0v) is 17.1. The Labute approximate surface area is 181 Å². The largest absolute Gasteiger partial charge is 0.384 e. The molecule has 0 aromatic heterocycles. The third-order valence-corrected chi connectivity index (χ3v) is 5.46. The van der Waals surface area contributed by atoms with Crippen molar-refractivity contribution in [3.63, 3.8) is 0 Å². The Kier molecular flexibility index (Phi) is 5.80. The molecule has 6 heteroatoms. The van der Waals surface area contributed by atoms with Crippen LogP contribution in [-0.2, 0) is 11.3 Å². The molecule has 0 radical (unpaired) electrons. The first-order valence-electron chi connectivity index (χ1n) is 10.2. The smallest absolute Gasteiger partial charge is 0.254 e. The fraction of sp³-hybridized carbons (Fsp3) is 0.160. The Morgan fingerprint density at radius 2 is 1.58 bits per heavy atom. The summed E-state index contributed by atoms with van der Waals surface area (Å²) in [4.78, 5) is 28.9. The van der Waals surface area contributed by atoms with Crippen LogP contribution in [0.4, 0.5) is 0 Å². The molecule has 2 amide bonds. The Hall–Kier alpha value is -3.93. The third-order valence-electron chi connectivity index (χ3n) is 5.46. The number of amidine groups is 1. The molecule has 1 aliphatic heterocycles. The van der Waals surface area contributed by atoms with Crippen LogP contribution >= 0.6 is 0 Å². The molecule has 3 N–H and O–H groups in total. The maximum absolute atomic E-state index is 12.9. The minimum atomic E-state index is -0.133. The van der Waals surface area contributed by atoms with E-state index in [4.69, 9.17) is 11.1 Å². The van der Waals surface area contributed by atoms with Gasteiger partial charge in [0, 0.05) is 30.8 Å². The van der Waals surface area contributed by atoms with Crippen molar-refractivity contribution < 1.29 is 9.59 Å². The summed E-state index contributed by atoms with van der Waals surface area (Å²) in [5.74, 6) is -0.221. The summed E-state index contributed by atoms with van der Waals surface area (Å²) in [7, 11) is 0. The SMILES string of the molecule is N=C(N)c1cccc(CN2CCN(C(=O)c3ccc(-c4ccccc4)cc3)CC2=O)c1. The van der Waals surface area contributed by atoms with E-state index in [-0.39, 0.29) is 24.2 Å². The number of amides is 2. The van der Waals surface area contributed by atoms with Gasteiger partial charge in [0.25, 0.3) is 5.91 Å². The highest BCUT2D eigenvalue weighted by Gasteiger charge is 2.27. The molecular formula is C25H24N4O2. The third kappa shape index (κ3) is 4.64. The molecule has 1 aliphatic rings. The van der Waals surface area contributed by atoms with E-state index in [9.17, 15) is 9.59 Å². The zero-order chi connectivity index (χ0) is 21.8. The summed E-state index contributed by atoms with van der Waals surface area (Å²) in [5.41, 5.74) is 9.82. The molecule has 0 aliphatic carbocycles. The Balaban J connectivity index is 1.39. The van der Waals surface area contributed by atoms with Crippen LogP contribution in [0.25, 0.3) is 11.1 Å². The molecule has 0 atom stereocenters. The molecule has 1 fully saturated rings. The quantitative estimate of drug-likeness (QED) is 0.498. The number of nitrogens with zero attached hydrogens (tertiary/aromatic N) is 2. The second-order valence-corrected chi connectivity index (χ2v) is 7.60. The number of carbonyl (C=O) groups is 2. The fourth-order valence-electron chi connectivity index (χ4n) is 3.73. The van der Waals surface area contributed by atoms with Crippen molar-refractivity contribution in [3.05, 3.63) is 95.6 Å². The first kappa shape index (κ1) is 20.3. The highest BCUT2D eigenvalue weighted by atomic mass is 16.2. The Bertz CT molecular complexity index is 1110. The van der Waals surface area contributed by atoms with E-state index in [0.717, 1.165) is 16.7 Å². The van der Waals surface area contributed by atoms with Crippen molar-refractivity contribution in [1.29, 1.82) is 5.41 Å². The molecule has 0 saturated carbocycles. The summed E-state index contributed by atoms with van der Waals surface area (Å²) in [5, 5.41) is 7.56. The lowest BCUT2D eigenvalue weighted by molar-refractivity contribution is -0.135. The Morgan fingerprint density at radius 1 is 0.871 bits per heavy atom. The number of hydrogen-bond acceptors (Lipinski definition) is 3. The second-order valence-electron chi connectivity index (χ2n) is 7.60. The predicted octanol–water partition coefficient (Wildman–Crippen LogP) is 3.12. The fourth-order valence-corrected chi connectivity index (χ4v) is 3.73. The van der Waals surface area contributed by atoms with Crippen molar-refractivity contribution in [3.8, 4) is 11.1 Å². The van der Waals surface area contributed by atoms with Crippen molar-refractivity contribution in [1.82, 2.24) is 9.80 Å². The van der Waals surface area contributed by atoms with E-state index < -0.39 is 0 Å². The maximum Gasteiger partial charge on any atom is 0.254 e. The number of benzene rings is 3. The van der Waals surface area contributed by atoms with Crippen LogP contribution in [-0.4, -0.2) is 47.1 Å². The molecule has 156 valence electrons. The molecule has 1 saturated heterocycles. The highest BCUT2D eigenvalue weighted by molar-refractivity contribution is 5.97. The summed E-state index contributed by atoms with van der Waals surface area (Å²) in [6.07, 6.45) is 0. The molecule has 3 aromatic carbocycles. The van der Waals surface area contributed by atoms with Gasteiger partial charge in [-0.1, -0.05) is 60.7 Å². The average molecular weight is 412 g/mol. The number of rotatable bonds is 5. The standard InChI is InChI=1S/C25H24N4O2/c26-24(27)22-8-4-5-18(15-22)16-28-13-14-29(17-23(28)30)25(31)21-11-9-20(10-12-21)19-6-2-1-3-7-19/h1-12,15H,13-14,16-17H2,(H3,26,27). The van der Waals surface area contributed by atoms with Gasteiger partial charge in [-0.25, -0.2) is 0 Å². The summed E-state index contributed by atoms with van der Waals surface area (Å²) in [6, 6.07) is 24.8. The van der Waals surface area contributed by atoms with E-state index in [0.29, 0.717) is 30.8 Å². The number of nitrogen functional groups attached to an aromatic ring is 1. The number of carbonyl (C=O) groups excluding carboxylic acids is 2. The summed E-state index contributed by atoms with van der Waals surface area (Å²) in [6.45, 7) is 1.45. The van der Waals surface area contributed by atoms with E-state index in [1.807, 2.05) is 72.8 Å². The van der Waals surface area contributed by atoms with E-state index in [1.54, 1.807) is 15.9 Å². The van der Waals surface area contributed by atoms with Crippen LogP contribution in [0.2, 0.25) is 0 Å². The molecular weight excluding hydrogens is 388 g/mol. The van der Waals surface area contributed by atoms with Crippen molar-refractivity contribution in [2.24, 2.45) is 5.73 Å². The van der Waals surface area contributed by atoms with E-state index in [2.05, 4.69) is 0 Å². The van der Waals surface area contributed by atoms with Gasteiger partial charge in [0.05, 0.1) is 0 Å². The lowest BCUT2D eigenvalue weighted by Gasteiger charge is -2.34. The number of nitrogens with two attached hydrogens (primary N) is 1. The lowest BCUT2D eigenvalue weighted by atomic mass is 10.0. The molecule has 3 aromatic rings. The first-order valence-corrected chi connectivity index (χ1v) is 10.2. The van der Waals surface area contributed by atoms with Crippen LogP contribution in [0.1, 0.15) is 21.5 Å². The molecule has 6 nitrogen and oxygen atoms in total. The predicted molar refractivity (Wildman–Crippen MR) is 121 cm³/mol. The van der Waals surface area contributed by atoms with Crippen LogP contribution in [0.15, 0.2) is 78.9 Å². The number of piperazine rings is 1. The first-order chi connectivity index (χ1) is 15.0. The minimum Gasteiger partial charge on any atom is -0.384 e. The van der Waals surface area contributed by atoms with Crippen LogP contribution in [0.3, 0.4) is 0 Å². The molecule has 0 bridgehead atoms.